The summed E-state index contributed by atoms with van der Waals surface area (Å²) in [6, 6.07) is 9.47. The fourth-order valence-electron chi connectivity index (χ4n) is 2.56. The lowest BCUT2D eigenvalue weighted by atomic mass is 9.85. The van der Waals surface area contributed by atoms with Crippen LogP contribution in [0.1, 0.15) is 35.9 Å². The fraction of sp³-hybridized carbons (Fsp3) is 0.294. The van der Waals surface area contributed by atoms with E-state index in [0.29, 0.717) is 12.2 Å². The monoisotopic (exact) mass is 308 g/mol. The minimum absolute atomic E-state index is 0.0734. The lowest BCUT2D eigenvalue weighted by Gasteiger charge is -2.17. The van der Waals surface area contributed by atoms with E-state index in [2.05, 4.69) is 13.8 Å². The average molecular weight is 309 g/mol. The summed E-state index contributed by atoms with van der Waals surface area (Å²) in [6.07, 6.45) is 0. The van der Waals surface area contributed by atoms with Gasteiger partial charge in [0.05, 0.1) is 12.0 Å². The Morgan fingerprint density at radius 2 is 1.71 bits per heavy atom. The van der Waals surface area contributed by atoms with Crippen LogP contribution in [0.4, 0.5) is 8.78 Å². The first-order chi connectivity index (χ1) is 9.88. The molecule has 21 heavy (non-hydrogen) atoms. The first kappa shape index (κ1) is 14.3. The Labute approximate surface area is 127 Å². The molecule has 0 aromatic heterocycles. The molecule has 4 heteroatoms. The lowest BCUT2D eigenvalue weighted by molar-refractivity contribution is 0.291. The van der Waals surface area contributed by atoms with E-state index < -0.39 is 17.0 Å². The highest BCUT2D eigenvalue weighted by Crippen LogP contribution is 2.41. The van der Waals surface area contributed by atoms with Crippen LogP contribution in [-0.4, -0.2) is 6.61 Å². The molecule has 0 aliphatic carbocycles. The summed E-state index contributed by atoms with van der Waals surface area (Å²) >= 11 is 6.42. The van der Waals surface area contributed by atoms with E-state index in [9.17, 15) is 8.78 Å². The summed E-state index contributed by atoms with van der Waals surface area (Å²) in [7, 11) is 0. The van der Waals surface area contributed by atoms with Gasteiger partial charge in [0.25, 0.3) is 0 Å². The largest absolute Gasteiger partial charge is 0.492 e. The third-order valence-electron chi connectivity index (χ3n) is 3.85. The smallest absolute Gasteiger partial charge is 0.159 e. The normalized spacial score (nSPS) is 17.2. The van der Waals surface area contributed by atoms with Gasteiger partial charge in [-0.3, -0.25) is 0 Å². The Kier molecular flexibility index (Phi) is 3.40. The molecule has 0 radical (unpaired) electrons. The molecule has 2 aromatic carbocycles. The van der Waals surface area contributed by atoms with Gasteiger partial charge in [-0.15, -0.1) is 11.6 Å². The molecule has 0 saturated carbocycles. The van der Waals surface area contributed by atoms with Crippen molar-refractivity contribution in [2.45, 2.75) is 24.6 Å². The van der Waals surface area contributed by atoms with Gasteiger partial charge in [-0.05, 0) is 35.4 Å². The Morgan fingerprint density at radius 1 is 1.05 bits per heavy atom. The highest BCUT2D eigenvalue weighted by molar-refractivity contribution is 6.22. The molecule has 3 rings (SSSR count). The van der Waals surface area contributed by atoms with Crippen molar-refractivity contribution in [2.75, 3.05) is 6.61 Å². The zero-order valence-electron chi connectivity index (χ0n) is 11.8. The van der Waals surface area contributed by atoms with Crippen molar-refractivity contribution in [1.29, 1.82) is 0 Å². The zero-order valence-corrected chi connectivity index (χ0v) is 12.5. The van der Waals surface area contributed by atoms with E-state index in [-0.39, 0.29) is 5.41 Å². The van der Waals surface area contributed by atoms with Gasteiger partial charge in [0, 0.05) is 11.0 Å². The number of hydrogen-bond donors (Lipinski definition) is 0. The quantitative estimate of drug-likeness (QED) is 0.712. The number of alkyl halides is 1. The van der Waals surface area contributed by atoms with Crippen LogP contribution in [0.15, 0.2) is 36.4 Å². The van der Waals surface area contributed by atoms with Gasteiger partial charge >= 0.3 is 0 Å². The van der Waals surface area contributed by atoms with Gasteiger partial charge in [-0.2, -0.15) is 0 Å². The van der Waals surface area contributed by atoms with Crippen molar-refractivity contribution in [2.24, 2.45) is 0 Å². The fourth-order valence-corrected chi connectivity index (χ4v) is 2.83. The van der Waals surface area contributed by atoms with Crippen LogP contribution < -0.4 is 4.74 Å². The summed E-state index contributed by atoms with van der Waals surface area (Å²) in [4.78, 5) is 0. The predicted octanol–water partition coefficient (Wildman–Crippen LogP) is 4.96. The molecule has 1 atom stereocenters. The molecular formula is C17H15ClF2O. The highest BCUT2D eigenvalue weighted by atomic mass is 35.5. The molecule has 1 aliphatic rings. The minimum Gasteiger partial charge on any atom is -0.492 e. The van der Waals surface area contributed by atoms with Crippen molar-refractivity contribution in [3.8, 4) is 5.75 Å². The molecule has 1 unspecified atom stereocenters. The molecule has 1 nitrogen and oxygen atoms in total. The number of benzene rings is 2. The van der Waals surface area contributed by atoms with Gasteiger partial charge < -0.3 is 4.74 Å². The van der Waals surface area contributed by atoms with E-state index >= 15 is 0 Å². The van der Waals surface area contributed by atoms with Crippen LogP contribution in [0.5, 0.6) is 5.75 Å². The Morgan fingerprint density at radius 3 is 2.43 bits per heavy atom. The molecule has 2 aromatic rings. The van der Waals surface area contributed by atoms with Gasteiger partial charge in [-0.1, -0.05) is 26.0 Å². The molecule has 110 valence electrons. The van der Waals surface area contributed by atoms with E-state index in [1.54, 1.807) is 0 Å². The Balaban J connectivity index is 1.99. The van der Waals surface area contributed by atoms with Gasteiger partial charge in [0.15, 0.2) is 11.6 Å². The van der Waals surface area contributed by atoms with Crippen LogP contribution in [0.25, 0.3) is 0 Å². The standard InChI is InChI=1S/C17H15ClF2O/c1-17(2)9-21-15-6-4-10(7-12(15)17)16(18)11-3-5-13(19)14(20)8-11/h3-8,16H,9H2,1-2H3. The number of hydrogen-bond acceptors (Lipinski definition) is 1. The lowest BCUT2D eigenvalue weighted by Crippen LogP contribution is -2.18. The maximum atomic E-state index is 13.3. The topological polar surface area (TPSA) is 9.23 Å². The zero-order chi connectivity index (χ0) is 15.2. The van der Waals surface area contributed by atoms with Crippen LogP contribution >= 0.6 is 11.6 Å². The van der Waals surface area contributed by atoms with Crippen molar-refractivity contribution in [3.05, 3.63) is 64.7 Å². The average Bonchev–Trinajstić information content (AvgIpc) is 2.76. The van der Waals surface area contributed by atoms with E-state index in [1.165, 1.54) is 6.07 Å². The van der Waals surface area contributed by atoms with Crippen LogP contribution in [0, 0.1) is 11.6 Å². The summed E-state index contributed by atoms with van der Waals surface area (Å²) in [5.41, 5.74) is 2.40. The van der Waals surface area contributed by atoms with E-state index in [0.717, 1.165) is 29.0 Å². The van der Waals surface area contributed by atoms with Gasteiger partial charge in [-0.25, -0.2) is 8.78 Å². The van der Waals surface area contributed by atoms with E-state index in [4.69, 9.17) is 16.3 Å². The third kappa shape index (κ3) is 2.51. The van der Waals surface area contributed by atoms with Crippen molar-refractivity contribution in [1.82, 2.24) is 0 Å². The molecule has 0 N–H and O–H groups in total. The number of ether oxygens (including phenoxy) is 1. The second kappa shape index (κ2) is 4.99. The molecule has 1 heterocycles. The molecular weight excluding hydrogens is 294 g/mol. The molecule has 0 spiro atoms. The minimum atomic E-state index is -0.886. The number of halogens is 3. The van der Waals surface area contributed by atoms with Gasteiger partial charge in [0.2, 0.25) is 0 Å². The third-order valence-corrected chi connectivity index (χ3v) is 4.35. The van der Waals surface area contributed by atoms with Crippen molar-refractivity contribution < 1.29 is 13.5 Å². The molecule has 0 amide bonds. The molecule has 1 aliphatic heterocycles. The number of rotatable bonds is 2. The van der Waals surface area contributed by atoms with Crippen molar-refractivity contribution in [3.63, 3.8) is 0 Å². The first-order valence-electron chi connectivity index (χ1n) is 6.75. The maximum Gasteiger partial charge on any atom is 0.159 e. The van der Waals surface area contributed by atoms with Crippen LogP contribution in [-0.2, 0) is 5.41 Å². The van der Waals surface area contributed by atoms with Crippen molar-refractivity contribution >= 4 is 11.6 Å². The summed E-state index contributed by atoms with van der Waals surface area (Å²) in [5, 5.41) is -0.526. The summed E-state index contributed by atoms with van der Waals surface area (Å²) in [6.45, 7) is 4.83. The summed E-state index contributed by atoms with van der Waals surface area (Å²) in [5.74, 6) is -0.896. The summed E-state index contributed by atoms with van der Waals surface area (Å²) < 4.78 is 32.0. The maximum absolute atomic E-state index is 13.3. The Bertz CT molecular complexity index is 697. The Hall–Kier alpha value is -1.61. The van der Waals surface area contributed by atoms with Crippen LogP contribution in [0.3, 0.4) is 0 Å². The van der Waals surface area contributed by atoms with E-state index in [1.807, 2.05) is 18.2 Å². The van der Waals surface area contributed by atoms with Gasteiger partial charge in [0.1, 0.15) is 5.75 Å². The second-order valence-corrected chi connectivity index (χ2v) is 6.40. The molecule has 0 fully saturated rings. The molecule has 0 saturated heterocycles. The first-order valence-corrected chi connectivity index (χ1v) is 7.18. The molecule has 0 bridgehead atoms. The second-order valence-electron chi connectivity index (χ2n) is 5.96. The SMILES string of the molecule is CC1(C)COc2ccc(C(Cl)c3ccc(F)c(F)c3)cc21. The van der Waals surface area contributed by atoms with Crippen LogP contribution in [0.2, 0.25) is 0 Å². The number of fused-ring (bicyclic) bond motifs is 1. The highest BCUT2D eigenvalue weighted by Gasteiger charge is 2.32. The predicted molar refractivity (Wildman–Crippen MR) is 79.0 cm³/mol.